The van der Waals surface area contributed by atoms with Crippen LogP contribution < -0.4 is 0 Å². The SMILES string of the molecule is CCN(C(=O)CN1CCCCC1=O)C1CCS(=O)(=O)C1. The Morgan fingerprint density at radius 3 is 2.70 bits per heavy atom. The Morgan fingerprint density at radius 1 is 1.40 bits per heavy atom. The van der Waals surface area contributed by atoms with Crippen LogP contribution in [0.2, 0.25) is 0 Å². The number of likely N-dealkylation sites (N-methyl/N-ethyl adjacent to an activating group) is 1. The molecule has 114 valence electrons. The summed E-state index contributed by atoms with van der Waals surface area (Å²) in [5, 5.41) is 0. The number of sulfone groups is 1. The van der Waals surface area contributed by atoms with Gasteiger partial charge in [-0.2, -0.15) is 0 Å². The number of carbonyl (C=O) groups excluding carboxylic acids is 2. The standard InChI is InChI=1S/C13H22N2O4S/c1-2-15(11-6-8-20(18,19)10-11)13(17)9-14-7-4-3-5-12(14)16/h11H,2-10H2,1H3. The van der Waals surface area contributed by atoms with Crippen LogP contribution in [-0.2, 0) is 19.4 Å². The summed E-state index contributed by atoms with van der Waals surface area (Å²) in [4.78, 5) is 27.3. The summed E-state index contributed by atoms with van der Waals surface area (Å²) < 4.78 is 23.0. The molecule has 2 amide bonds. The van der Waals surface area contributed by atoms with Crippen LogP contribution in [0.25, 0.3) is 0 Å². The highest BCUT2D eigenvalue weighted by molar-refractivity contribution is 7.91. The number of piperidine rings is 1. The summed E-state index contributed by atoms with van der Waals surface area (Å²) in [6.07, 6.45) is 2.85. The van der Waals surface area contributed by atoms with E-state index in [9.17, 15) is 18.0 Å². The fraction of sp³-hybridized carbons (Fsp3) is 0.846. The van der Waals surface area contributed by atoms with Crippen molar-refractivity contribution in [3.05, 3.63) is 0 Å². The molecule has 0 aliphatic carbocycles. The molecule has 0 N–H and O–H groups in total. The minimum absolute atomic E-state index is 0.0275. The third kappa shape index (κ3) is 3.50. The van der Waals surface area contributed by atoms with Crippen LogP contribution in [-0.4, -0.2) is 67.2 Å². The van der Waals surface area contributed by atoms with Gasteiger partial charge in [-0.05, 0) is 26.2 Å². The van der Waals surface area contributed by atoms with Crippen molar-refractivity contribution in [2.24, 2.45) is 0 Å². The van der Waals surface area contributed by atoms with Crippen LogP contribution in [0.3, 0.4) is 0 Å². The van der Waals surface area contributed by atoms with E-state index in [4.69, 9.17) is 0 Å². The first kappa shape index (κ1) is 15.3. The molecular weight excluding hydrogens is 280 g/mol. The summed E-state index contributed by atoms with van der Waals surface area (Å²) in [6.45, 7) is 3.05. The lowest BCUT2D eigenvalue weighted by Crippen LogP contribution is -2.48. The van der Waals surface area contributed by atoms with Gasteiger partial charge in [0.05, 0.1) is 18.1 Å². The normalized spacial score (nSPS) is 25.8. The molecular formula is C13H22N2O4S. The molecule has 20 heavy (non-hydrogen) atoms. The average molecular weight is 302 g/mol. The highest BCUT2D eigenvalue weighted by atomic mass is 32.2. The Kier molecular flexibility index (Phi) is 4.67. The van der Waals surface area contributed by atoms with Gasteiger partial charge in [0, 0.05) is 25.6 Å². The molecule has 2 rings (SSSR count). The third-order valence-corrected chi connectivity index (χ3v) is 5.81. The minimum atomic E-state index is -3.00. The van der Waals surface area contributed by atoms with Crippen LogP contribution >= 0.6 is 0 Å². The Hall–Kier alpha value is -1.11. The lowest BCUT2D eigenvalue weighted by Gasteiger charge is -2.31. The number of hydrogen-bond acceptors (Lipinski definition) is 4. The predicted octanol–water partition coefficient (Wildman–Crippen LogP) is 0.0345. The van der Waals surface area contributed by atoms with Crippen LogP contribution in [0.5, 0.6) is 0 Å². The zero-order valence-corrected chi connectivity index (χ0v) is 12.7. The van der Waals surface area contributed by atoms with Crippen molar-refractivity contribution in [2.75, 3.05) is 31.1 Å². The van der Waals surface area contributed by atoms with Crippen molar-refractivity contribution in [1.29, 1.82) is 0 Å². The maximum Gasteiger partial charge on any atom is 0.242 e. The van der Waals surface area contributed by atoms with Gasteiger partial charge < -0.3 is 9.80 Å². The summed E-state index contributed by atoms with van der Waals surface area (Å²) in [6, 6.07) is -0.225. The van der Waals surface area contributed by atoms with E-state index in [2.05, 4.69) is 0 Å². The molecule has 0 aromatic rings. The number of carbonyl (C=O) groups is 2. The molecule has 0 aromatic heterocycles. The fourth-order valence-electron chi connectivity index (χ4n) is 2.94. The maximum absolute atomic E-state index is 12.3. The molecule has 2 aliphatic heterocycles. The Balaban J connectivity index is 1.97. The number of likely N-dealkylation sites (tertiary alicyclic amines) is 1. The zero-order chi connectivity index (χ0) is 14.8. The van der Waals surface area contributed by atoms with Crippen molar-refractivity contribution in [3.8, 4) is 0 Å². The fourth-order valence-corrected chi connectivity index (χ4v) is 4.67. The van der Waals surface area contributed by atoms with Gasteiger partial charge in [0.2, 0.25) is 11.8 Å². The van der Waals surface area contributed by atoms with E-state index in [1.165, 1.54) is 0 Å². The molecule has 6 nitrogen and oxygen atoms in total. The largest absolute Gasteiger partial charge is 0.337 e. The zero-order valence-electron chi connectivity index (χ0n) is 11.9. The summed E-state index contributed by atoms with van der Waals surface area (Å²) in [5.41, 5.74) is 0. The smallest absolute Gasteiger partial charge is 0.242 e. The van der Waals surface area contributed by atoms with Crippen molar-refractivity contribution in [2.45, 2.75) is 38.6 Å². The predicted molar refractivity (Wildman–Crippen MR) is 74.9 cm³/mol. The van der Waals surface area contributed by atoms with E-state index in [0.29, 0.717) is 25.9 Å². The van der Waals surface area contributed by atoms with E-state index in [-0.39, 0.29) is 35.9 Å². The number of nitrogens with zero attached hydrogens (tertiary/aromatic N) is 2. The number of rotatable bonds is 4. The van der Waals surface area contributed by atoms with Gasteiger partial charge >= 0.3 is 0 Å². The number of amides is 2. The molecule has 0 saturated carbocycles. The van der Waals surface area contributed by atoms with Crippen LogP contribution in [0.1, 0.15) is 32.6 Å². The Labute approximate surface area is 120 Å². The summed E-state index contributed by atoms with van der Waals surface area (Å²) in [7, 11) is -3.00. The monoisotopic (exact) mass is 302 g/mol. The van der Waals surface area contributed by atoms with Crippen LogP contribution in [0, 0.1) is 0 Å². The molecule has 1 unspecified atom stereocenters. The second-order valence-corrected chi connectivity index (χ2v) is 7.74. The molecule has 2 aliphatic rings. The van der Waals surface area contributed by atoms with Crippen molar-refractivity contribution < 1.29 is 18.0 Å². The molecule has 1 atom stereocenters. The molecule has 0 spiro atoms. The molecule has 0 bridgehead atoms. The second-order valence-electron chi connectivity index (χ2n) is 5.51. The topological polar surface area (TPSA) is 74.8 Å². The Morgan fingerprint density at radius 2 is 2.15 bits per heavy atom. The van der Waals surface area contributed by atoms with E-state index in [1.54, 1.807) is 9.80 Å². The van der Waals surface area contributed by atoms with E-state index in [1.807, 2.05) is 6.92 Å². The van der Waals surface area contributed by atoms with Crippen LogP contribution in [0.15, 0.2) is 0 Å². The van der Waals surface area contributed by atoms with Gasteiger partial charge in [0.1, 0.15) is 0 Å². The van der Waals surface area contributed by atoms with E-state index < -0.39 is 9.84 Å². The number of hydrogen-bond donors (Lipinski definition) is 0. The minimum Gasteiger partial charge on any atom is -0.337 e. The second kappa shape index (κ2) is 6.11. The first-order valence-electron chi connectivity index (χ1n) is 7.20. The van der Waals surface area contributed by atoms with Crippen molar-refractivity contribution in [1.82, 2.24) is 9.80 Å². The molecule has 0 aromatic carbocycles. The highest BCUT2D eigenvalue weighted by Crippen LogP contribution is 2.18. The molecule has 0 radical (unpaired) electrons. The lowest BCUT2D eigenvalue weighted by molar-refractivity contribution is -0.142. The quantitative estimate of drug-likeness (QED) is 0.734. The first-order valence-corrected chi connectivity index (χ1v) is 9.03. The van der Waals surface area contributed by atoms with Gasteiger partial charge in [0.15, 0.2) is 9.84 Å². The van der Waals surface area contributed by atoms with Gasteiger partial charge in [-0.1, -0.05) is 0 Å². The third-order valence-electron chi connectivity index (χ3n) is 4.06. The van der Waals surface area contributed by atoms with E-state index >= 15 is 0 Å². The van der Waals surface area contributed by atoms with Gasteiger partial charge in [0.25, 0.3) is 0 Å². The van der Waals surface area contributed by atoms with Gasteiger partial charge in [-0.15, -0.1) is 0 Å². The summed E-state index contributed by atoms with van der Waals surface area (Å²) >= 11 is 0. The van der Waals surface area contributed by atoms with Gasteiger partial charge in [-0.3, -0.25) is 9.59 Å². The average Bonchev–Trinajstić information content (AvgIpc) is 2.73. The lowest BCUT2D eigenvalue weighted by atomic mass is 10.1. The molecule has 7 heteroatoms. The van der Waals surface area contributed by atoms with Crippen molar-refractivity contribution in [3.63, 3.8) is 0 Å². The maximum atomic E-state index is 12.3. The van der Waals surface area contributed by atoms with Gasteiger partial charge in [-0.25, -0.2) is 8.42 Å². The highest BCUT2D eigenvalue weighted by Gasteiger charge is 2.34. The van der Waals surface area contributed by atoms with Crippen LogP contribution in [0.4, 0.5) is 0 Å². The van der Waals surface area contributed by atoms with Crippen molar-refractivity contribution >= 4 is 21.7 Å². The van der Waals surface area contributed by atoms with E-state index in [0.717, 1.165) is 12.8 Å². The molecule has 2 fully saturated rings. The Bertz CT molecular complexity index is 489. The molecule has 2 heterocycles. The first-order chi connectivity index (χ1) is 9.43. The molecule has 2 saturated heterocycles. The summed E-state index contributed by atoms with van der Waals surface area (Å²) in [5.74, 6) is 0.106.